The quantitative estimate of drug-likeness (QED) is 0.544. The van der Waals surface area contributed by atoms with Crippen molar-refractivity contribution in [2.24, 2.45) is 5.41 Å². The van der Waals surface area contributed by atoms with Gasteiger partial charge >= 0.3 is 5.97 Å². The van der Waals surface area contributed by atoms with Crippen LogP contribution in [0, 0.1) is 12.3 Å². The predicted molar refractivity (Wildman–Crippen MR) is 119 cm³/mol. The third-order valence-corrected chi connectivity index (χ3v) is 4.80. The zero-order valence-corrected chi connectivity index (χ0v) is 18.3. The molecule has 9 nitrogen and oxygen atoms in total. The summed E-state index contributed by atoms with van der Waals surface area (Å²) < 4.78 is 0. The van der Waals surface area contributed by atoms with Gasteiger partial charge in [0.05, 0.1) is 5.56 Å². The van der Waals surface area contributed by atoms with Gasteiger partial charge in [0, 0.05) is 31.9 Å². The Morgan fingerprint density at radius 1 is 1.27 bits per heavy atom. The third kappa shape index (κ3) is 5.79. The van der Waals surface area contributed by atoms with Gasteiger partial charge in [-0.15, -0.1) is 0 Å². The number of anilines is 4. The number of nitrogens with one attached hydrogen (secondary N) is 3. The first-order valence-electron chi connectivity index (χ1n) is 10.2. The minimum atomic E-state index is -0.976. The molecule has 1 aliphatic heterocycles. The number of carboxylic acid groups (broad SMARTS) is 1. The molecule has 0 amide bonds. The van der Waals surface area contributed by atoms with E-state index in [1.54, 1.807) is 18.2 Å². The van der Waals surface area contributed by atoms with Crippen LogP contribution in [0.3, 0.4) is 0 Å². The van der Waals surface area contributed by atoms with Crippen LogP contribution in [0.4, 0.5) is 23.5 Å². The molecule has 1 saturated heterocycles. The van der Waals surface area contributed by atoms with Gasteiger partial charge in [-0.25, -0.2) is 4.79 Å². The number of carboxylic acids is 1. The summed E-state index contributed by atoms with van der Waals surface area (Å²) in [6.45, 7) is 11.0. The van der Waals surface area contributed by atoms with E-state index in [-0.39, 0.29) is 17.0 Å². The number of benzene rings is 1. The Bertz CT molecular complexity index is 905. The van der Waals surface area contributed by atoms with E-state index in [2.05, 4.69) is 51.7 Å². The van der Waals surface area contributed by atoms with Gasteiger partial charge in [-0.2, -0.15) is 15.0 Å². The first kappa shape index (κ1) is 21.8. The molecule has 2 heterocycles. The van der Waals surface area contributed by atoms with Crippen LogP contribution in [0.2, 0.25) is 0 Å². The van der Waals surface area contributed by atoms with Crippen molar-refractivity contribution < 1.29 is 9.90 Å². The van der Waals surface area contributed by atoms with Crippen LogP contribution in [0.15, 0.2) is 18.2 Å². The molecule has 0 radical (unpaired) electrons. The first-order valence-corrected chi connectivity index (χ1v) is 10.2. The lowest BCUT2D eigenvalue weighted by molar-refractivity contribution is 0.0697. The molecule has 1 atom stereocenters. The van der Waals surface area contributed by atoms with Crippen LogP contribution in [0.5, 0.6) is 0 Å². The molecule has 1 aromatic heterocycles. The van der Waals surface area contributed by atoms with Gasteiger partial charge in [0.2, 0.25) is 17.8 Å². The number of aromatic nitrogens is 3. The fraction of sp³-hybridized carbons (Fsp3) is 0.524. The summed E-state index contributed by atoms with van der Waals surface area (Å²) in [4.78, 5) is 27.1. The van der Waals surface area contributed by atoms with E-state index in [4.69, 9.17) is 0 Å². The maximum absolute atomic E-state index is 11.3. The number of aromatic carboxylic acids is 1. The van der Waals surface area contributed by atoms with E-state index in [9.17, 15) is 9.90 Å². The topological polar surface area (TPSA) is 115 Å². The molecule has 3 rings (SSSR count). The summed E-state index contributed by atoms with van der Waals surface area (Å²) in [5.41, 5.74) is 1.83. The molecule has 30 heavy (non-hydrogen) atoms. The molecule has 1 aromatic carbocycles. The Hall–Kier alpha value is -2.94. The van der Waals surface area contributed by atoms with E-state index >= 15 is 0 Å². The highest BCUT2D eigenvalue weighted by Crippen LogP contribution is 2.24. The zero-order chi connectivity index (χ0) is 21.9. The summed E-state index contributed by atoms with van der Waals surface area (Å²) >= 11 is 0. The molecule has 4 N–H and O–H groups in total. The molecular weight excluding hydrogens is 382 g/mol. The molecule has 0 aliphatic carbocycles. The summed E-state index contributed by atoms with van der Waals surface area (Å²) in [7, 11) is 1.96. The molecular formula is C21H31N7O2. The monoisotopic (exact) mass is 413 g/mol. The minimum Gasteiger partial charge on any atom is -0.478 e. The molecule has 162 valence electrons. The van der Waals surface area contributed by atoms with Crippen LogP contribution < -0.4 is 20.9 Å². The second-order valence-electron chi connectivity index (χ2n) is 8.99. The van der Waals surface area contributed by atoms with Crippen molar-refractivity contribution in [2.75, 3.05) is 42.2 Å². The fourth-order valence-corrected chi connectivity index (χ4v) is 3.41. The standard InChI is InChI=1S/C21H31N7O2/c1-13-6-7-14(17(29)30)10-16(13)24-19-25-18(23-15-8-9-22-11-15)26-20(27-19)28(5)12-21(2,3)4/h6-7,10,15,22H,8-9,11-12H2,1-5H3,(H,29,30)(H2,23,24,25,26,27)/t15-/m1/s1. The third-order valence-electron chi connectivity index (χ3n) is 4.80. The molecule has 0 saturated carbocycles. The van der Waals surface area contributed by atoms with Crippen molar-refractivity contribution >= 4 is 29.5 Å². The minimum absolute atomic E-state index is 0.0738. The average molecular weight is 414 g/mol. The smallest absolute Gasteiger partial charge is 0.335 e. The van der Waals surface area contributed by atoms with Gasteiger partial charge in [0.1, 0.15) is 0 Å². The van der Waals surface area contributed by atoms with Crippen molar-refractivity contribution in [1.29, 1.82) is 0 Å². The van der Waals surface area contributed by atoms with E-state index in [1.807, 2.05) is 18.9 Å². The Balaban J connectivity index is 1.92. The molecule has 0 spiro atoms. The van der Waals surface area contributed by atoms with Crippen LogP contribution in [0.1, 0.15) is 43.1 Å². The predicted octanol–water partition coefficient (Wildman–Crippen LogP) is 2.88. The Kier molecular flexibility index (Phi) is 6.40. The number of nitrogens with zero attached hydrogens (tertiary/aromatic N) is 4. The average Bonchev–Trinajstić information content (AvgIpc) is 3.14. The number of hydrogen-bond acceptors (Lipinski definition) is 8. The first-order chi connectivity index (χ1) is 14.1. The Labute approximate surface area is 177 Å². The van der Waals surface area contributed by atoms with Crippen molar-refractivity contribution in [2.45, 2.75) is 40.2 Å². The Morgan fingerprint density at radius 3 is 2.63 bits per heavy atom. The summed E-state index contributed by atoms with van der Waals surface area (Å²) in [6.07, 6.45) is 1.00. The summed E-state index contributed by atoms with van der Waals surface area (Å²) in [5.74, 6) is 0.460. The van der Waals surface area contributed by atoms with Gasteiger partial charge in [0.15, 0.2) is 0 Å². The molecule has 9 heteroatoms. The highest BCUT2D eigenvalue weighted by Gasteiger charge is 2.20. The maximum Gasteiger partial charge on any atom is 0.335 e. The Morgan fingerprint density at radius 2 is 2.00 bits per heavy atom. The highest BCUT2D eigenvalue weighted by atomic mass is 16.4. The van der Waals surface area contributed by atoms with E-state index in [0.29, 0.717) is 23.5 Å². The van der Waals surface area contributed by atoms with Gasteiger partial charge in [-0.05, 0) is 43.0 Å². The van der Waals surface area contributed by atoms with Gasteiger partial charge in [-0.3, -0.25) is 0 Å². The summed E-state index contributed by atoms with van der Waals surface area (Å²) in [5, 5.41) is 19.2. The van der Waals surface area contributed by atoms with Gasteiger partial charge in [-0.1, -0.05) is 26.8 Å². The molecule has 1 fully saturated rings. The largest absolute Gasteiger partial charge is 0.478 e. The molecule has 2 aromatic rings. The van der Waals surface area contributed by atoms with Crippen molar-refractivity contribution in [1.82, 2.24) is 20.3 Å². The number of aryl methyl sites for hydroxylation is 1. The van der Waals surface area contributed by atoms with Crippen LogP contribution in [-0.2, 0) is 0 Å². The molecule has 0 unspecified atom stereocenters. The zero-order valence-electron chi connectivity index (χ0n) is 18.3. The number of carbonyl (C=O) groups is 1. The van der Waals surface area contributed by atoms with Gasteiger partial charge in [0.25, 0.3) is 0 Å². The lowest BCUT2D eigenvalue weighted by Gasteiger charge is -2.27. The second kappa shape index (κ2) is 8.83. The van der Waals surface area contributed by atoms with E-state index in [1.165, 1.54) is 0 Å². The van der Waals surface area contributed by atoms with E-state index in [0.717, 1.165) is 31.6 Å². The fourth-order valence-electron chi connectivity index (χ4n) is 3.41. The van der Waals surface area contributed by atoms with Crippen molar-refractivity contribution in [3.63, 3.8) is 0 Å². The van der Waals surface area contributed by atoms with Crippen molar-refractivity contribution in [3.8, 4) is 0 Å². The summed E-state index contributed by atoms with van der Waals surface area (Å²) in [6, 6.07) is 5.20. The van der Waals surface area contributed by atoms with Crippen LogP contribution in [-0.4, -0.2) is 58.8 Å². The highest BCUT2D eigenvalue weighted by molar-refractivity contribution is 5.89. The van der Waals surface area contributed by atoms with Gasteiger partial charge < -0.3 is 26.0 Å². The lowest BCUT2D eigenvalue weighted by Crippen LogP contribution is -2.31. The SMILES string of the molecule is Cc1ccc(C(=O)O)cc1Nc1nc(N[C@@H]2CCNC2)nc(N(C)CC(C)(C)C)n1. The lowest BCUT2D eigenvalue weighted by atomic mass is 9.96. The van der Waals surface area contributed by atoms with E-state index < -0.39 is 5.97 Å². The number of rotatable bonds is 7. The maximum atomic E-state index is 11.3. The number of hydrogen-bond donors (Lipinski definition) is 4. The second-order valence-corrected chi connectivity index (χ2v) is 8.99. The van der Waals surface area contributed by atoms with Crippen molar-refractivity contribution in [3.05, 3.63) is 29.3 Å². The van der Waals surface area contributed by atoms with Crippen LogP contribution in [0.25, 0.3) is 0 Å². The normalized spacial score (nSPS) is 16.4. The molecule has 0 bridgehead atoms. The molecule has 1 aliphatic rings. The van der Waals surface area contributed by atoms with Crippen LogP contribution >= 0.6 is 0 Å².